The maximum atomic E-state index is 13.0. The van der Waals surface area contributed by atoms with Crippen LogP contribution in [0.2, 0.25) is 0 Å². The molecular weight excluding hydrogens is 896 g/mol. The second-order valence-corrected chi connectivity index (χ2v) is 14.9. The summed E-state index contributed by atoms with van der Waals surface area (Å²) >= 11 is 0. The van der Waals surface area contributed by atoms with Crippen LogP contribution in [0.3, 0.4) is 0 Å². The second kappa shape index (κ2) is 27.3. The van der Waals surface area contributed by atoms with Crippen LogP contribution in [-0.4, -0.2) is 185 Å². The van der Waals surface area contributed by atoms with Gasteiger partial charge in [0, 0.05) is 37.6 Å². The number of amides is 5. The fourth-order valence-electron chi connectivity index (χ4n) is 6.25. The van der Waals surface area contributed by atoms with Gasteiger partial charge in [-0.25, -0.2) is 19.6 Å². The fourth-order valence-corrected chi connectivity index (χ4v) is 6.25. The van der Waals surface area contributed by atoms with E-state index in [1.54, 1.807) is 4.90 Å². The molecule has 368 valence electrons. The number of urea groups is 1. The summed E-state index contributed by atoms with van der Waals surface area (Å²) in [4.78, 5) is 131. The highest BCUT2D eigenvalue weighted by atomic mass is 16.4. The van der Waals surface area contributed by atoms with E-state index in [1.807, 2.05) is 0 Å². The number of rotatable bonds is 33. The van der Waals surface area contributed by atoms with Gasteiger partial charge in [0.15, 0.2) is 0 Å². The van der Waals surface area contributed by atoms with Crippen molar-refractivity contribution >= 4 is 59.6 Å². The lowest BCUT2D eigenvalue weighted by atomic mass is 10.1. The summed E-state index contributed by atoms with van der Waals surface area (Å²) in [5.41, 5.74) is 0. The first-order valence-electron chi connectivity index (χ1n) is 20.2. The summed E-state index contributed by atoms with van der Waals surface area (Å²) in [5, 5.41) is 82.5. The number of aliphatic hydroxyl groups is 2. The Balaban J connectivity index is 2.22. The molecule has 11 N–H and O–H groups in total. The van der Waals surface area contributed by atoms with Crippen LogP contribution >= 0.6 is 0 Å². The third kappa shape index (κ3) is 21.0. The number of aromatic nitrogens is 4. The van der Waals surface area contributed by atoms with Gasteiger partial charge in [0.25, 0.3) is 0 Å². The Bertz CT molecular complexity index is 2010. The zero-order valence-corrected chi connectivity index (χ0v) is 36.1. The number of nitrogens with one attached hydrogen (secondary N) is 3. The average Bonchev–Trinajstić information content (AvgIpc) is 3.85. The van der Waals surface area contributed by atoms with Gasteiger partial charge in [0.05, 0.1) is 25.2 Å². The number of aliphatic hydroxyl groups excluding tert-OH is 2. The first-order valence-corrected chi connectivity index (χ1v) is 20.2. The SMILES string of the molecule is C=C(O)[C@@H](CCC(=O)O)NC(=O)N[C@H](CCC(=O)N[C@@H](CCCCN(Cc1nccn1CC(=O)N(CC(=O)O)CC(=O)O)Cc1nccn1CC(=O)N(CC(=O)O)CC(=O)O)C(=O)O)C(=C)O. The van der Waals surface area contributed by atoms with Crippen LogP contribution in [0.15, 0.2) is 49.5 Å². The summed E-state index contributed by atoms with van der Waals surface area (Å²) in [7, 11) is 0. The normalized spacial score (nSPS) is 12.2. The highest BCUT2D eigenvalue weighted by Gasteiger charge is 2.26. The van der Waals surface area contributed by atoms with Crippen molar-refractivity contribution in [3.63, 3.8) is 0 Å². The van der Waals surface area contributed by atoms with Gasteiger partial charge >= 0.3 is 41.8 Å². The summed E-state index contributed by atoms with van der Waals surface area (Å²) in [5.74, 6) is -11.5. The zero-order valence-electron chi connectivity index (χ0n) is 36.1. The van der Waals surface area contributed by atoms with Crippen molar-refractivity contribution in [3.8, 4) is 0 Å². The van der Waals surface area contributed by atoms with Gasteiger partial charge in [-0.1, -0.05) is 13.2 Å². The number of carboxylic acids is 6. The number of unbranched alkanes of at least 4 members (excludes halogenated alkanes) is 1. The van der Waals surface area contributed by atoms with Gasteiger partial charge in [0.2, 0.25) is 17.7 Å². The van der Waals surface area contributed by atoms with Crippen molar-refractivity contribution in [1.82, 2.24) is 49.8 Å². The maximum Gasteiger partial charge on any atom is 0.326 e. The fraction of sp³-hybridized carbons (Fsp3) is 0.487. The molecular formula is C39H54N10O18. The van der Waals surface area contributed by atoms with E-state index in [4.69, 9.17) is 5.11 Å². The molecule has 0 saturated carbocycles. The lowest BCUT2D eigenvalue weighted by Gasteiger charge is -2.24. The minimum atomic E-state index is -1.45. The molecule has 0 unspecified atom stereocenters. The Morgan fingerprint density at radius 2 is 0.970 bits per heavy atom. The molecule has 0 aliphatic rings. The molecule has 2 aromatic rings. The summed E-state index contributed by atoms with van der Waals surface area (Å²) < 4.78 is 2.69. The average molecular weight is 951 g/mol. The van der Waals surface area contributed by atoms with E-state index in [-0.39, 0.29) is 63.4 Å². The highest BCUT2D eigenvalue weighted by molar-refractivity contribution is 5.86. The first-order chi connectivity index (χ1) is 31.4. The second-order valence-electron chi connectivity index (χ2n) is 14.9. The molecule has 0 radical (unpaired) electrons. The van der Waals surface area contributed by atoms with E-state index in [0.29, 0.717) is 9.80 Å². The largest absolute Gasteiger partial charge is 0.511 e. The smallest absolute Gasteiger partial charge is 0.326 e. The molecule has 5 amide bonds. The van der Waals surface area contributed by atoms with Crippen molar-refractivity contribution in [3.05, 3.63) is 61.1 Å². The van der Waals surface area contributed by atoms with Gasteiger partial charge in [-0.15, -0.1) is 0 Å². The van der Waals surface area contributed by atoms with Gasteiger partial charge in [-0.2, -0.15) is 0 Å². The van der Waals surface area contributed by atoms with Crippen molar-refractivity contribution in [2.24, 2.45) is 0 Å². The van der Waals surface area contributed by atoms with Crippen LogP contribution in [0.25, 0.3) is 0 Å². The Labute approximate surface area is 380 Å². The molecule has 2 aromatic heterocycles. The van der Waals surface area contributed by atoms with Crippen LogP contribution in [0.5, 0.6) is 0 Å². The Hall–Kier alpha value is -8.04. The third-order valence-corrected chi connectivity index (χ3v) is 9.53. The predicted molar refractivity (Wildman–Crippen MR) is 225 cm³/mol. The summed E-state index contributed by atoms with van der Waals surface area (Å²) in [6.45, 7) is 2.06. The predicted octanol–water partition coefficient (Wildman–Crippen LogP) is -1.36. The molecule has 0 fully saturated rings. The number of hydrogen-bond donors (Lipinski definition) is 11. The molecule has 0 spiro atoms. The van der Waals surface area contributed by atoms with Crippen LogP contribution in [0, 0.1) is 0 Å². The molecule has 28 nitrogen and oxygen atoms in total. The van der Waals surface area contributed by atoms with Crippen LogP contribution in [-0.2, 0) is 69.3 Å². The molecule has 28 heteroatoms. The van der Waals surface area contributed by atoms with Gasteiger partial charge in [-0.3, -0.25) is 43.3 Å². The number of carbonyl (C=O) groups excluding carboxylic acids is 4. The quantitative estimate of drug-likeness (QED) is 0.0291. The first kappa shape index (κ1) is 55.1. The van der Waals surface area contributed by atoms with Crippen molar-refractivity contribution < 1.29 is 88.8 Å². The molecule has 0 aliphatic carbocycles. The van der Waals surface area contributed by atoms with Gasteiger partial charge in [0.1, 0.15) is 68.5 Å². The Morgan fingerprint density at radius 3 is 1.34 bits per heavy atom. The molecule has 2 rings (SSSR count). The van der Waals surface area contributed by atoms with Gasteiger partial charge < -0.3 is 75.7 Å². The van der Waals surface area contributed by atoms with E-state index >= 15 is 0 Å². The molecule has 3 atom stereocenters. The standard InChI is InChI=1S/C39H54N10O18/c1-23(50)25(43-39(67)44-26(24(2)51)7-9-33(55)56)6-8-30(52)42-27(38(65)66)5-3-4-12-45(15-28-40-10-13-46(28)17-31(53)48(19-34(57)58)20-35(59)60)16-29-41-11-14-47(29)18-32(54)49(21-36(61)62)22-37(63)64/h10-11,13-14,25-27,50-51H,1-9,12,15-22H2,(H,42,52)(H,55,56)(H,57,58)(H,59,60)(H,61,62)(H,63,64)(H,65,66)(H2,43,44,67)/t25-,26-,27+/m1/s1. The lowest BCUT2D eigenvalue weighted by Crippen LogP contribution is -2.48. The van der Waals surface area contributed by atoms with E-state index < -0.39 is 141 Å². The van der Waals surface area contributed by atoms with Crippen molar-refractivity contribution in [1.29, 1.82) is 0 Å². The van der Waals surface area contributed by atoms with E-state index in [0.717, 1.165) is 0 Å². The molecule has 0 aliphatic heterocycles. The topological polar surface area (TPSA) is 414 Å². The number of hydrogen-bond acceptors (Lipinski definition) is 15. The Kier molecular flexibility index (Phi) is 22.5. The number of nitrogens with zero attached hydrogens (tertiary/aromatic N) is 7. The minimum Gasteiger partial charge on any atom is -0.511 e. The number of aliphatic carboxylic acids is 6. The molecule has 0 saturated heterocycles. The minimum absolute atomic E-state index is 0.0662. The highest BCUT2D eigenvalue weighted by Crippen LogP contribution is 2.14. The zero-order chi connectivity index (χ0) is 50.4. The van der Waals surface area contributed by atoms with Crippen LogP contribution in [0.4, 0.5) is 4.79 Å². The maximum absolute atomic E-state index is 13.0. The van der Waals surface area contributed by atoms with E-state index in [2.05, 4.69) is 39.1 Å². The Morgan fingerprint density at radius 1 is 0.552 bits per heavy atom. The monoisotopic (exact) mass is 950 g/mol. The molecule has 2 heterocycles. The van der Waals surface area contributed by atoms with Crippen LogP contribution < -0.4 is 16.0 Å². The molecule has 0 aromatic carbocycles. The van der Waals surface area contributed by atoms with E-state index in [9.17, 15) is 83.7 Å². The summed E-state index contributed by atoms with van der Waals surface area (Å²) in [6.07, 6.45) is 4.47. The van der Waals surface area contributed by atoms with Crippen molar-refractivity contribution in [2.75, 3.05) is 32.7 Å². The van der Waals surface area contributed by atoms with Gasteiger partial charge in [-0.05, 0) is 38.6 Å². The number of carboxylic acid groups (broad SMARTS) is 6. The molecule has 67 heavy (non-hydrogen) atoms. The number of imidazole rings is 2. The third-order valence-electron chi connectivity index (χ3n) is 9.53. The van der Waals surface area contributed by atoms with Crippen molar-refractivity contribution in [2.45, 2.75) is 89.3 Å². The molecule has 0 bridgehead atoms. The van der Waals surface area contributed by atoms with E-state index in [1.165, 1.54) is 33.9 Å². The van der Waals surface area contributed by atoms with Crippen LogP contribution in [0.1, 0.15) is 56.6 Å². The lowest BCUT2D eigenvalue weighted by molar-refractivity contribution is -0.150. The number of carbonyl (C=O) groups is 10. The summed E-state index contributed by atoms with van der Waals surface area (Å²) in [6, 6.07) is -4.75.